The highest BCUT2D eigenvalue weighted by molar-refractivity contribution is 7.92. The molecule has 0 fully saturated rings. The minimum absolute atomic E-state index is 0.124. The minimum atomic E-state index is -3.75. The molecule has 0 aromatic heterocycles. The van der Waals surface area contributed by atoms with E-state index in [9.17, 15) is 18.0 Å². The van der Waals surface area contributed by atoms with E-state index < -0.39 is 28.5 Å². The van der Waals surface area contributed by atoms with E-state index in [-0.39, 0.29) is 12.5 Å². The third kappa shape index (κ3) is 6.95. The molecular weight excluding hydrogens is 442 g/mol. The van der Waals surface area contributed by atoms with Crippen molar-refractivity contribution < 1.29 is 22.7 Å². The summed E-state index contributed by atoms with van der Waals surface area (Å²) in [6, 6.07) is 11.6. The average Bonchev–Trinajstić information content (AvgIpc) is 2.76. The van der Waals surface area contributed by atoms with Gasteiger partial charge in [0.1, 0.15) is 18.3 Å². The maximum atomic E-state index is 13.4. The predicted octanol–water partition coefficient (Wildman–Crippen LogP) is 2.63. The summed E-state index contributed by atoms with van der Waals surface area (Å²) in [5, 5.41) is 2.73. The number of carbonyl (C=O) groups is 2. The molecule has 1 atom stereocenters. The Morgan fingerprint density at radius 2 is 1.79 bits per heavy atom. The number of hydrogen-bond donors (Lipinski definition) is 1. The molecule has 2 aromatic carbocycles. The first-order valence-corrected chi connectivity index (χ1v) is 12.6. The normalized spacial score (nSPS) is 12.1. The summed E-state index contributed by atoms with van der Waals surface area (Å²) in [5.41, 5.74) is 3.09. The second-order valence-corrected chi connectivity index (χ2v) is 9.89. The van der Waals surface area contributed by atoms with E-state index in [1.165, 1.54) is 4.90 Å². The summed E-state index contributed by atoms with van der Waals surface area (Å²) >= 11 is 0. The summed E-state index contributed by atoms with van der Waals surface area (Å²) in [6.07, 6.45) is 1.06. The summed E-state index contributed by atoms with van der Waals surface area (Å²) < 4.78 is 31.5. The predicted molar refractivity (Wildman–Crippen MR) is 130 cm³/mol. The number of rotatable bonds is 10. The number of likely N-dealkylation sites (N-methyl/N-ethyl adjacent to an activating group) is 1. The van der Waals surface area contributed by atoms with Crippen molar-refractivity contribution in [3.63, 3.8) is 0 Å². The zero-order valence-corrected chi connectivity index (χ0v) is 20.9. The van der Waals surface area contributed by atoms with Gasteiger partial charge in [0.15, 0.2) is 0 Å². The third-order valence-corrected chi connectivity index (χ3v) is 6.60. The lowest BCUT2D eigenvalue weighted by Gasteiger charge is -2.31. The van der Waals surface area contributed by atoms with Crippen LogP contribution in [0.15, 0.2) is 42.5 Å². The van der Waals surface area contributed by atoms with Crippen molar-refractivity contribution in [1.82, 2.24) is 10.2 Å². The van der Waals surface area contributed by atoms with E-state index in [0.29, 0.717) is 18.0 Å². The fourth-order valence-electron chi connectivity index (χ4n) is 3.37. The molecule has 0 aliphatic carbocycles. The Kier molecular flexibility index (Phi) is 8.87. The largest absolute Gasteiger partial charge is 0.497 e. The second-order valence-electron chi connectivity index (χ2n) is 7.98. The number of sulfonamides is 1. The van der Waals surface area contributed by atoms with Gasteiger partial charge in [-0.15, -0.1) is 0 Å². The maximum absolute atomic E-state index is 13.4. The Bertz CT molecular complexity index is 1100. The van der Waals surface area contributed by atoms with E-state index in [2.05, 4.69) is 5.32 Å². The van der Waals surface area contributed by atoms with Crippen LogP contribution in [0.25, 0.3) is 0 Å². The molecule has 2 amide bonds. The topological polar surface area (TPSA) is 96.0 Å². The highest BCUT2D eigenvalue weighted by atomic mass is 32.2. The fourth-order valence-corrected chi connectivity index (χ4v) is 4.21. The lowest BCUT2D eigenvalue weighted by atomic mass is 10.1. The number of carbonyl (C=O) groups excluding carboxylic acids is 2. The van der Waals surface area contributed by atoms with Gasteiger partial charge < -0.3 is 15.0 Å². The molecule has 0 spiro atoms. The number of nitrogens with one attached hydrogen (secondary N) is 1. The fraction of sp³-hybridized carbons (Fsp3) is 0.417. The summed E-state index contributed by atoms with van der Waals surface area (Å²) in [6.45, 7) is 7.36. The zero-order chi connectivity index (χ0) is 24.8. The number of methoxy groups -OCH3 is 1. The van der Waals surface area contributed by atoms with Crippen LogP contribution < -0.4 is 14.4 Å². The number of benzene rings is 2. The molecule has 0 saturated heterocycles. The van der Waals surface area contributed by atoms with E-state index in [0.717, 1.165) is 27.3 Å². The van der Waals surface area contributed by atoms with Gasteiger partial charge in [-0.1, -0.05) is 18.2 Å². The Morgan fingerprint density at radius 3 is 2.36 bits per heavy atom. The number of ether oxygens (including phenoxy) is 1. The van der Waals surface area contributed by atoms with Crippen molar-refractivity contribution in [2.75, 3.05) is 30.8 Å². The quantitative estimate of drug-likeness (QED) is 0.570. The summed E-state index contributed by atoms with van der Waals surface area (Å²) in [7, 11) is -2.20. The highest BCUT2D eigenvalue weighted by Crippen LogP contribution is 2.22. The van der Waals surface area contributed by atoms with Gasteiger partial charge in [0.2, 0.25) is 21.8 Å². The molecule has 0 saturated carbocycles. The Balaban J connectivity index is 2.41. The first kappa shape index (κ1) is 26.2. The van der Waals surface area contributed by atoms with Crippen LogP contribution in [0.3, 0.4) is 0 Å². The summed E-state index contributed by atoms with van der Waals surface area (Å²) in [4.78, 5) is 27.4. The molecule has 2 aromatic rings. The van der Waals surface area contributed by atoms with Crippen molar-refractivity contribution in [2.24, 2.45) is 0 Å². The second kappa shape index (κ2) is 11.2. The lowest BCUT2D eigenvalue weighted by Crippen LogP contribution is -2.51. The van der Waals surface area contributed by atoms with Crippen molar-refractivity contribution in [2.45, 2.75) is 40.3 Å². The van der Waals surface area contributed by atoms with Crippen LogP contribution >= 0.6 is 0 Å². The Morgan fingerprint density at radius 1 is 1.09 bits per heavy atom. The van der Waals surface area contributed by atoms with Gasteiger partial charge in [-0.3, -0.25) is 13.9 Å². The third-order valence-electron chi connectivity index (χ3n) is 5.46. The van der Waals surface area contributed by atoms with Crippen molar-refractivity contribution in [1.29, 1.82) is 0 Å². The van der Waals surface area contributed by atoms with Gasteiger partial charge in [-0.25, -0.2) is 8.42 Å². The SMILES string of the molecule is CCNC(=O)[C@H](C)N(Cc1cccc(OC)c1)C(=O)CN(c1ccc(C)c(C)c1)S(C)(=O)=O. The summed E-state index contributed by atoms with van der Waals surface area (Å²) in [5.74, 6) is -0.176. The monoisotopic (exact) mass is 475 g/mol. The molecule has 0 bridgehead atoms. The van der Waals surface area contributed by atoms with Gasteiger partial charge >= 0.3 is 0 Å². The van der Waals surface area contributed by atoms with Crippen LogP contribution in [0, 0.1) is 13.8 Å². The van der Waals surface area contributed by atoms with Gasteiger partial charge in [-0.2, -0.15) is 0 Å². The highest BCUT2D eigenvalue weighted by Gasteiger charge is 2.30. The molecule has 180 valence electrons. The smallest absolute Gasteiger partial charge is 0.244 e. The molecule has 8 nitrogen and oxygen atoms in total. The first-order chi connectivity index (χ1) is 15.5. The number of aryl methyl sites for hydroxylation is 2. The van der Waals surface area contributed by atoms with E-state index in [1.807, 2.05) is 26.0 Å². The molecule has 0 aliphatic heterocycles. The number of anilines is 1. The maximum Gasteiger partial charge on any atom is 0.244 e. The van der Waals surface area contributed by atoms with Crippen LogP contribution in [-0.4, -0.2) is 57.6 Å². The number of amides is 2. The molecule has 0 aliphatic rings. The molecule has 0 heterocycles. The van der Waals surface area contributed by atoms with Crippen molar-refractivity contribution in [3.05, 3.63) is 59.2 Å². The van der Waals surface area contributed by atoms with E-state index in [1.54, 1.807) is 51.3 Å². The van der Waals surface area contributed by atoms with Gasteiger partial charge in [0.05, 0.1) is 19.1 Å². The van der Waals surface area contributed by atoms with Crippen molar-refractivity contribution in [3.8, 4) is 5.75 Å². The van der Waals surface area contributed by atoms with E-state index in [4.69, 9.17) is 4.74 Å². The lowest BCUT2D eigenvalue weighted by molar-refractivity contribution is -0.139. The Hall–Kier alpha value is -3.07. The minimum Gasteiger partial charge on any atom is -0.497 e. The van der Waals surface area contributed by atoms with E-state index >= 15 is 0 Å². The first-order valence-electron chi connectivity index (χ1n) is 10.7. The van der Waals surface area contributed by atoms with Crippen LogP contribution in [0.2, 0.25) is 0 Å². The number of nitrogens with zero attached hydrogens (tertiary/aromatic N) is 2. The molecule has 0 unspecified atom stereocenters. The molecule has 33 heavy (non-hydrogen) atoms. The van der Waals surface area contributed by atoms with Crippen LogP contribution in [-0.2, 0) is 26.2 Å². The average molecular weight is 476 g/mol. The zero-order valence-electron chi connectivity index (χ0n) is 20.1. The molecule has 9 heteroatoms. The number of hydrogen-bond acceptors (Lipinski definition) is 5. The molecule has 2 rings (SSSR count). The Labute approximate surface area is 196 Å². The van der Waals surface area contributed by atoms with Crippen LogP contribution in [0.1, 0.15) is 30.5 Å². The van der Waals surface area contributed by atoms with Gasteiger partial charge in [0.25, 0.3) is 0 Å². The van der Waals surface area contributed by atoms with Crippen LogP contribution in [0.5, 0.6) is 5.75 Å². The van der Waals surface area contributed by atoms with Crippen LogP contribution in [0.4, 0.5) is 5.69 Å². The standard InChI is InChI=1S/C24H33N3O5S/c1-7-25-24(29)19(4)26(15-20-9-8-10-22(14-20)32-5)23(28)16-27(33(6,30)31)21-12-11-17(2)18(3)13-21/h8-14,19H,7,15-16H2,1-6H3,(H,25,29)/t19-/m0/s1. The molecular formula is C24H33N3O5S. The molecule has 1 N–H and O–H groups in total. The molecule has 0 radical (unpaired) electrons. The van der Waals surface area contributed by atoms with Gasteiger partial charge in [-0.05, 0) is 68.7 Å². The van der Waals surface area contributed by atoms with Crippen molar-refractivity contribution >= 4 is 27.5 Å². The van der Waals surface area contributed by atoms with Gasteiger partial charge in [0, 0.05) is 13.1 Å².